The lowest BCUT2D eigenvalue weighted by molar-refractivity contribution is 0.0991. The van der Waals surface area contributed by atoms with Gasteiger partial charge in [0, 0.05) is 21.3 Å². The van der Waals surface area contributed by atoms with E-state index in [1.54, 1.807) is 11.3 Å². The Balaban J connectivity index is 2.29. The predicted molar refractivity (Wildman–Crippen MR) is 73.0 cm³/mol. The van der Waals surface area contributed by atoms with E-state index in [2.05, 4.69) is 15.9 Å². The van der Waals surface area contributed by atoms with Gasteiger partial charge in [-0.3, -0.25) is 4.79 Å². The number of furan rings is 1. The van der Waals surface area contributed by atoms with E-state index in [4.69, 9.17) is 4.42 Å². The summed E-state index contributed by atoms with van der Waals surface area (Å²) in [7, 11) is 0. The fraction of sp³-hybridized carbons (Fsp3) is 0.308. The van der Waals surface area contributed by atoms with Crippen molar-refractivity contribution in [3.05, 3.63) is 43.4 Å². The molecular weight excluding hydrogens is 300 g/mol. The lowest BCUT2D eigenvalue weighted by Gasteiger charge is -2.00. The second kappa shape index (κ2) is 4.78. The number of rotatable bonds is 3. The minimum Gasteiger partial charge on any atom is -0.466 e. The molecule has 2 nitrogen and oxygen atoms in total. The van der Waals surface area contributed by atoms with Crippen LogP contribution in [0.2, 0.25) is 0 Å². The molecule has 0 unspecified atom stereocenters. The van der Waals surface area contributed by atoms with Crippen molar-refractivity contribution in [3.8, 4) is 0 Å². The standard InChI is InChI=1S/C13H13BrO2S/c1-7-8(2)16-9(3)13(7)11(15)6-12-10(14)4-5-17-12/h4-5H,6H2,1-3H3. The van der Waals surface area contributed by atoms with Crippen LogP contribution in [0.5, 0.6) is 0 Å². The van der Waals surface area contributed by atoms with E-state index in [1.807, 2.05) is 32.2 Å². The van der Waals surface area contributed by atoms with Crippen molar-refractivity contribution in [1.82, 2.24) is 0 Å². The Bertz CT molecular complexity index is 566. The van der Waals surface area contributed by atoms with Crippen LogP contribution in [0.3, 0.4) is 0 Å². The first-order valence-electron chi connectivity index (χ1n) is 5.32. The van der Waals surface area contributed by atoms with Gasteiger partial charge < -0.3 is 4.42 Å². The van der Waals surface area contributed by atoms with Gasteiger partial charge in [-0.15, -0.1) is 11.3 Å². The number of thiophene rings is 1. The van der Waals surface area contributed by atoms with E-state index in [1.165, 1.54) is 0 Å². The molecule has 0 saturated carbocycles. The lowest BCUT2D eigenvalue weighted by Crippen LogP contribution is -2.05. The maximum atomic E-state index is 12.2. The minimum atomic E-state index is 0.125. The first-order valence-corrected chi connectivity index (χ1v) is 6.99. The van der Waals surface area contributed by atoms with Crippen LogP contribution in [0.1, 0.15) is 32.3 Å². The number of hydrogen-bond acceptors (Lipinski definition) is 3. The van der Waals surface area contributed by atoms with Gasteiger partial charge in [-0.1, -0.05) is 0 Å². The van der Waals surface area contributed by atoms with Gasteiger partial charge in [0.15, 0.2) is 5.78 Å². The van der Waals surface area contributed by atoms with Gasteiger partial charge in [0.25, 0.3) is 0 Å². The zero-order valence-electron chi connectivity index (χ0n) is 9.96. The number of ketones is 1. The Morgan fingerprint density at radius 1 is 1.35 bits per heavy atom. The van der Waals surface area contributed by atoms with Crippen LogP contribution in [-0.4, -0.2) is 5.78 Å². The van der Waals surface area contributed by atoms with E-state index in [-0.39, 0.29) is 5.78 Å². The van der Waals surface area contributed by atoms with Gasteiger partial charge in [0.05, 0.1) is 5.56 Å². The fourth-order valence-corrected chi connectivity index (χ4v) is 3.38. The molecule has 2 aromatic heterocycles. The summed E-state index contributed by atoms with van der Waals surface area (Å²) in [5, 5.41) is 1.98. The average molecular weight is 313 g/mol. The molecule has 0 radical (unpaired) electrons. The van der Waals surface area contributed by atoms with Gasteiger partial charge >= 0.3 is 0 Å². The molecule has 0 N–H and O–H groups in total. The molecule has 0 saturated heterocycles. The second-order valence-corrected chi connectivity index (χ2v) is 5.86. The van der Waals surface area contributed by atoms with Gasteiger partial charge in [0.1, 0.15) is 11.5 Å². The molecule has 2 aromatic rings. The van der Waals surface area contributed by atoms with Gasteiger partial charge in [-0.2, -0.15) is 0 Å². The van der Waals surface area contributed by atoms with E-state index in [9.17, 15) is 4.79 Å². The van der Waals surface area contributed by atoms with Gasteiger partial charge in [-0.25, -0.2) is 0 Å². The maximum Gasteiger partial charge on any atom is 0.171 e. The van der Waals surface area contributed by atoms with E-state index < -0.39 is 0 Å². The van der Waals surface area contributed by atoms with Crippen molar-refractivity contribution in [3.63, 3.8) is 0 Å². The zero-order chi connectivity index (χ0) is 12.6. The molecular formula is C13H13BrO2S. The topological polar surface area (TPSA) is 30.2 Å². The molecule has 0 aromatic carbocycles. The predicted octanol–water partition coefficient (Wildman–Crippen LogP) is 4.45. The van der Waals surface area contributed by atoms with E-state index >= 15 is 0 Å². The molecule has 0 bridgehead atoms. The van der Waals surface area contributed by atoms with E-state index in [0.717, 1.165) is 32.0 Å². The summed E-state index contributed by atoms with van der Waals surface area (Å²) in [4.78, 5) is 13.3. The highest BCUT2D eigenvalue weighted by Crippen LogP contribution is 2.27. The van der Waals surface area contributed by atoms with Crippen molar-refractivity contribution in [2.24, 2.45) is 0 Å². The minimum absolute atomic E-state index is 0.125. The largest absolute Gasteiger partial charge is 0.466 e. The molecule has 17 heavy (non-hydrogen) atoms. The lowest BCUT2D eigenvalue weighted by atomic mass is 10.0. The van der Waals surface area contributed by atoms with E-state index in [0.29, 0.717) is 6.42 Å². The smallest absolute Gasteiger partial charge is 0.171 e. The van der Waals surface area contributed by atoms with Gasteiger partial charge in [0.2, 0.25) is 0 Å². The monoisotopic (exact) mass is 312 g/mol. The third-order valence-corrected chi connectivity index (χ3v) is 4.78. The summed E-state index contributed by atoms with van der Waals surface area (Å²) in [5.74, 6) is 1.67. The van der Waals surface area contributed by atoms with Crippen LogP contribution in [0, 0.1) is 20.8 Å². The van der Waals surface area contributed by atoms with Crippen molar-refractivity contribution < 1.29 is 9.21 Å². The first kappa shape index (κ1) is 12.6. The highest BCUT2D eigenvalue weighted by molar-refractivity contribution is 9.10. The Kier molecular flexibility index (Phi) is 3.54. The highest BCUT2D eigenvalue weighted by Gasteiger charge is 2.19. The van der Waals surface area contributed by atoms with Crippen LogP contribution in [0.4, 0.5) is 0 Å². The molecule has 0 aliphatic carbocycles. The molecule has 2 rings (SSSR count). The summed E-state index contributed by atoms with van der Waals surface area (Å²) >= 11 is 5.04. The molecule has 90 valence electrons. The average Bonchev–Trinajstić information content (AvgIpc) is 2.74. The summed E-state index contributed by atoms with van der Waals surface area (Å²) in [6.07, 6.45) is 0.429. The number of aryl methyl sites for hydroxylation is 2. The highest BCUT2D eigenvalue weighted by atomic mass is 79.9. The zero-order valence-corrected chi connectivity index (χ0v) is 12.4. The Morgan fingerprint density at radius 2 is 2.06 bits per heavy atom. The van der Waals surface area contributed by atoms with Gasteiger partial charge in [-0.05, 0) is 48.1 Å². The van der Waals surface area contributed by atoms with Crippen LogP contribution >= 0.6 is 27.3 Å². The van der Waals surface area contributed by atoms with Crippen LogP contribution in [0.15, 0.2) is 20.3 Å². The molecule has 2 heterocycles. The molecule has 0 aliphatic rings. The Hall–Kier alpha value is -0.870. The van der Waals surface area contributed by atoms with Crippen LogP contribution < -0.4 is 0 Å². The molecule has 0 atom stereocenters. The number of halogens is 1. The fourth-order valence-electron chi connectivity index (χ4n) is 1.89. The third kappa shape index (κ3) is 2.38. The summed E-state index contributed by atoms with van der Waals surface area (Å²) < 4.78 is 6.49. The Labute approximate surface area is 113 Å². The SMILES string of the molecule is Cc1oc(C)c(C(=O)Cc2sccc2Br)c1C. The third-order valence-electron chi connectivity index (χ3n) is 2.85. The molecule has 0 aliphatic heterocycles. The van der Waals surface area contributed by atoms with Crippen molar-refractivity contribution >= 4 is 33.0 Å². The number of carbonyl (C=O) groups excluding carboxylic acids is 1. The number of Topliss-reactive ketones (excluding diaryl/α,β-unsaturated/α-hetero) is 1. The summed E-state index contributed by atoms with van der Waals surface area (Å²) in [5.41, 5.74) is 1.70. The first-order chi connectivity index (χ1) is 8.00. The maximum absolute atomic E-state index is 12.2. The molecule has 0 amide bonds. The molecule has 4 heteroatoms. The Morgan fingerprint density at radius 3 is 2.53 bits per heavy atom. The summed E-state index contributed by atoms with van der Waals surface area (Å²) in [6, 6.07) is 1.97. The van der Waals surface area contributed by atoms with Crippen molar-refractivity contribution in [1.29, 1.82) is 0 Å². The van der Waals surface area contributed by atoms with Crippen molar-refractivity contribution in [2.75, 3.05) is 0 Å². The second-order valence-electron chi connectivity index (χ2n) is 4.01. The molecule has 0 fully saturated rings. The van der Waals surface area contributed by atoms with Crippen molar-refractivity contribution in [2.45, 2.75) is 27.2 Å². The van der Waals surface area contributed by atoms with Crippen LogP contribution in [0.25, 0.3) is 0 Å². The summed E-state index contributed by atoms with van der Waals surface area (Å²) in [6.45, 7) is 5.67. The normalized spacial score (nSPS) is 10.8. The number of hydrogen-bond donors (Lipinski definition) is 0. The quantitative estimate of drug-likeness (QED) is 0.783. The number of carbonyl (C=O) groups is 1. The molecule has 0 spiro atoms. The van der Waals surface area contributed by atoms with Crippen LogP contribution in [-0.2, 0) is 6.42 Å².